The zero-order valence-corrected chi connectivity index (χ0v) is 11.2. The SMILES string of the molecule is CC(=O)c1csc(NC(=O)C2CCC(F)(F)CC2)n1. The Morgan fingerprint density at radius 3 is 2.58 bits per heavy atom. The second-order valence-corrected chi connectivity index (χ2v) is 5.57. The number of rotatable bonds is 3. The van der Waals surface area contributed by atoms with E-state index < -0.39 is 11.8 Å². The number of ketones is 1. The highest BCUT2D eigenvalue weighted by Crippen LogP contribution is 2.36. The van der Waals surface area contributed by atoms with Crippen molar-refractivity contribution in [2.45, 2.75) is 38.5 Å². The van der Waals surface area contributed by atoms with E-state index in [9.17, 15) is 18.4 Å². The molecule has 2 rings (SSSR count). The quantitative estimate of drug-likeness (QED) is 0.869. The molecule has 1 fully saturated rings. The van der Waals surface area contributed by atoms with Gasteiger partial charge in [-0.25, -0.2) is 13.8 Å². The summed E-state index contributed by atoms with van der Waals surface area (Å²) in [4.78, 5) is 26.9. The maximum absolute atomic E-state index is 13.0. The molecule has 104 valence electrons. The van der Waals surface area contributed by atoms with Gasteiger partial charge in [0, 0.05) is 31.1 Å². The Kier molecular flexibility index (Phi) is 3.93. The van der Waals surface area contributed by atoms with Crippen molar-refractivity contribution >= 4 is 28.2 Å². The molecule has 1 aliphatic rings. The number of Topliss-reactive ketones (excluding diaryl/α,β-unsaturated/α-hetero) is 1. The predicted molar refractivity (Wildman–Crippen MR) is 67.7 cm³/mol. The van der Waals surface area contributed by atoms with Crippen molar-refractivity contribution in [3.05, 3.63) is 11.1 Å². The molecule has 1 aromatic rings. The fourth-order valence-corrected chi connectivity index (χ4v) is 2.76. The van der Waals surface area contributed by atoms with Crippen molar-refractivity contribution in [3.63, 3.8) is 0 Å². The van der Waals surface area contributed by atoms with Crippen LogP contribution in [0.15, 0.2) is 5.38 Å². The number of carbonyl (C=O) groups is 2. The number of hydrogen-bond donors (Lipinski definition) is 1. The molecule has 0 aromatic carbocycles. The summed E-state index contributed by atoms with van der Waals surface area (Å²) in [5.41, 5.74) is 0.301. The Morgan fingerprint density at radius 2 is 2.05 bits per heavy atom. The molecule has 0 spiro atoms. The third-order valence-corrected chi connectivity index (χ3v) is 3.94. The first-order chi connectivity index (χ1) is 8.87. The molecule has 0 atom stereocenters. The van der Waals surface area contributed by atoms with Gasteiger partial charge < -0.3 is 5.32 Å². The Balaban J connectivity index is 1.92. The molecular formula is C12H14F2N2O2S. The van der Waals surface area contributed by atoms with Crippen molar-refractivity contribution < 1.29 is 18.4 Å². The van der Waals surface area contributed by atoms with Crippen LogP contribution in [0, 0.1) is 5.92 Å². The summed E-state index contributed by atoms with van der Waals surface area (Å²) >= 11 is 1.16. The van der Waals surface area contributed by atoms with Gasteiger partial charge in [0.15, 0.2) is 10.9 Å². The van der Waals surface area contributed by atoms with Crippen LogP contribution in [0.2, 0.25) is 0 Å². The Bertz CT molecular complexity index is 492. The molecule has 1 saturated carbocycles. The van der Waals surface area contributed by atoms with E-state index in [-0.39, 0.29) is 37.4 Å². The Morgan fingerprint density at radius 1 is 1.42 bits per heavy atom. The third-order valence-electron chi connectivity index (χ3n) is 3.18. The summed E-state index contributed by atoms with van der Waals surface area (Å²) in [5.74, 6) is -3.50. The van der Waals surface area contributed by atoms with Crippen LogP contribution in [0.5, 0.6) is 0 Å². The molecule has 0 unspecified atom stereocenters. The molecular weight excluding hydrogens is 274 g/mol. The number of carbonyl (C=O) groups excluding carboxylic acids is 2. The molecule has 0 aliphatic heterocycles. The van der Waals surface area contributed by atoms with Gasteiger partial charge in [0.25, 0.3) is 0 Å². The summed E-state index contributed by atoms with van der Waals surface area (Å²) < 4.78 is 26.0. The van der Waals surface area contributed by atoms with E-state index in [1.165, 1.54) is 6.92 Å². The molecule has 0 bridgehead atoms. The number of nitrogens with zero attached hydrogens (tertiary/aromatic N) is 1. The lowest BCUT2D eigenvalue weighted by Gasteiger charge is -2.27. The maximum atomic E-state index is 13.0. The third kappa shape index (κ3) is 3.56. The first kappa shape index (κ1) is 14.0. The summed E-state index contributed by atoms with van der Waals surface area (Å²) in [6.45, 7) is 1.39. The van der Waals surface area contributed by atoms with Crippen LogP contribution in [0.3, 0.4) is 0 Å². The van der Waals surface area contributed by atoms with Gasteiger partial charge >= 0.3 is 0 Å². The van der Waals surface area contributed by atoms with Crippen LogP contribution >= 0.6 is 11.3 Å². The zero-order valence-electron chi connectivity index (χ0n) is 10.4. The van der Waals surface area contributed by atoms with Crippen LogP contribution in [-0.4, -0.2) is 22.6 Å². The van der Waals surface area contributed by atoms with E-state index in [1.54, 1.807) is 5.38 Å². The minimum atomic E-state index is -2.64. The van der Waals surface area contributed by atoms with E-state index in [0.29, 0.717) is 10.8 Å². The first-order valence-electron chi connectivity index (χ1n) is 6.02. The number of nitrogens with one attached hydrogen (secondary N) is 1. The normalized spacial score (nSPS) is 19.1. The van der Waals surface area contributed by atoms with Crippen LogP contribution in [0.25, 0.3) is 0 Å². The second kappa shape index (κ2) is 5.32. The molecule has 0 saturated heterocycles. The molecule has 1 heterocycles. The van der Waals surface area contributed by atoms with Crippen molar-refractivity contribution in [1.29, 1.82) is 0 Å². The van der Waals surface area contributed by atoms with E-state index in [1.807, 2.05) is 0 Å². The van der Waals surface area contributed by atoms with Crippen LogP contribution in [0.1, 0.15) is 43.1 Å². The summed E-state index contributed by atoms with van der Waals surface area (Å²) in [7, 11) is 0. The fourth-order valence-electron chi connectivity index (χ4n) is 2.00. The van der Waals surface area contributed by atoms with Gasteiger partial charge in [0.05, 0.1) is 0 Å². The van der Waals surface area contributed by atoms with Crippen LogP contribution < -0.4 is 5.32 Å². The number of amides is 1. The van der Waals surface area contributed by atoms with E-state index in [4.69, 9.17) is 0 Å². The highest BCUT2D eigenvalue weighted by Gasteiger charge is 2.37. The maximum Gasteiger partial charge on any atom is 0.248 e. The zero-order chi connectivity index (χ0) is 14.0. The first-order valence-corrected chi connectivity index (χ1v) is 6.90. The number of aromatic nitrogens is 1. The lowest BCUT2D eigenvalue weighted by molar-refractivity contribution is -0.124. The smallest absolute Gasteiger partial charge is 0.248 e. The number of anilines is 1. The number of hydrogen-bond acceptors (Lipinski definition) is 4. The Hall–Kier alpha value is -1.37. The second-order valence-electron chi connectivity index (χ2n) is 4.71. The molecule has 0 radical (unpaired) electrons. The van der Waals surface area contributed by atoms with E-state index >= 15 is 0 Å². The molecule has 1 aromatic heterocycles. The Labute approximate surface area is 113 Å². The minimum absolute atomic E-state index is 0.172. The topological polar surface area (TPSA) is 59.1 Å². The van der Waals surface area contributed by atoms with E-state index in [2.05, 4.69) is 10.3 Å². The molecule has 1 N–H and O–H groups in total. The molecule has 7 heteroatoms. The lowest BCUT2D eigenvalue weighted by Crippen LogP contribution is -2.31. The lowest BCUT2D eigenvalue weighted by atomic mass is 9.86. The molecule has 1 aliphatic carbocycles. The van der Waals surface area contributed by atoms with Gasteiger partial charge in [0.2, 0.25) is 11.8 Å². The monoisotopic (exact) mass is 288 g/mol. The van der Waals surface area contributed by atoms with Gasteiger partial charge in [-0.2, -0.15) is 0 Å². The van der Waals surface area contributed by atoms with E-state index in [0.717, 1.165) is 11.3 Å². The van der Waals surface area contributed by atoms with Crippen molar-refractivity contribution in [1.82, 2.24) is 4.98 Å². The van der Waals surface area contributed by atoms with Gasteiger partial charge in [-0.1, -0.05) is 0 Å². The number of halogens is 2. The largest absolute Gasteiger partial charge is 0.302 e. The summed E-state index contributed by atoms with van der Waals surface area (Å²) in [6.07, 6.45) is -0.128. The molecule has 19 heavy (non-hydrogen) atoms. The molecule has 4 nitrogen and oxygen atoms in total. The standard InChI is InChI=1S/C12H14F2N2O2S/c1-7(17)9-6-19-11(15-9)16-10(18)8-2-4-12(13,14)5-3-8/h6,8H,2-5H2,1H3,(H,15,16,18). The fraction of sp³-hybridized carbons (Fsp3) is 0.583. The van der Waals surface area contributed by atoms with Gasteiger partial charge in [-0.15, -0.1) is 11.3 Å². The summed E-state index contributed by atoms with van der Waals surface area (Å²) in [5, 5.41) is 4.49. The average molecular weight is 288 g/mol. The van der Waals surface area contributed by atoms with Crippen molar-refractivity contribution in [2.75, 3.05) is 5.32 Å². The van der Waals surface area contributed by atoms with Gasteiger partial charge in [0.1, 0.15) is 5.69 Å². The van der Waals surface area contributed by atoms with Crippen molar-refractivity contribution in [2.24, 2.45) is 5.92 Å². The highest BCUT2D eigenvalue weighted by molar-refractivity contribution is 7.14. The van der Waals surface area contributed by atoms with Gasteiger partial charge in [-0.05, 0) is 12.8 Å². The average Bonchev–Trinajstić information content (AvgIpc) is 2.77. The molecule has 1 amide bonds. The highest BCUT2D eigenvalue weighted by atomic mass is 32.1. The predicted octanol–water partition coefficient (Wildman–Crippen LogP) is 3.11. The van der Waals surface area contributed by atoms with Crippen molar-refractivity contribution in [3.8, 4) is 0 Å². The number of alkyl halides is 2. The van der Waals surface area contributed by atoms with Crippen LogP contribution in [-0.2, 0) is 4.79 Å². The summed E-state index contributed by atoms with van der Waals surface area (Å²) in [6, 6.07) is 0. The minimum Gasteiger partial charge on any atom is -0.302 e. The number of thiazole rings is 1. The van der Waals surface area contributed by atoms with Gasteiger partial charge in [-0.3, -0.25) is 9.59 Å². The van der Waals surface area contributed by atoms with Crippen LogP contribution in [0.4, 0.5) is 13.9 Å².